The molecule has 0 atom stereocenters. The van der Waals surface area contributed by atoms with Gasteiger partial charge in [-0.1, -0.05) is 0 Å². The third-order valence-electron chi connectivity index (χ3n) is 6.24. The lowest BCUT2D eigenvalue weighted by Crippen LogP contribution is -2.39. The van der Waals surface area contributed by atoms with Gasteiger partial charge < -0.3 is 15.7 Å². The van der Waals surface area contributed by atoms with Crippen LogP contribution >= 0.6 is 0 Å². The number of piperidine rings is 1. The first-order chi connectivity index (χ1) is 14.1. The highest BCUT2D eigenvalue weighted by Gasteiger charge is 2.27. The van der Waals surface area contributed by atoms with Crippen LogP contribution < -0.4 is 10.6 Å². The van der Waals surface area contributed by atoms with Gasteiger partial charge in [-0.2, -0.15) is 5.10 Å². The Bertz CT molecular complexity index is 1030. The molecule has 3 N–H and O–H groups in total. The van der Waals surface area contributed by atoms with Crippen LogP contribution in [0.15, 0.2) is 24.4 Å². The fourth-order valence-corrected chi connectivity index (χ4v) is 4.61. The van der Waals surface area contributed by atoms with Gasteiger partial charge in [-0.3, -0.25) is 0 Å². The zero-order chi connectivity index (χ0) is 20.0. The Morgan fingerprint density at radius 2 is 1.90 bits per heavy atom. The molecule has 3 aromatic rings. The van der Waals surface area contributed by atoms with E-state index in [-0.39, 0.29) is 12.1 Å². The quantitative estimate of drug-likeness (QED) is 0.633. The summed E-state index contributed by atoms with van der Waals surface area (Å²) in [7, 11) is 0. The minimum Gasteiger partial charge on any atom is -0.393 e. The summed E-state index contributed by atoms with van der Waals surface area (Å²) in [5.74, 6) is 2.87. The van der Waals surface area contributed by atoms with Gasteiger partial charge in [-0.05, 0) is 81.8 Å². The number of benzene rings is 1. The number of aliphatic hydroxyl groups is 1. The largest absolute Gasteiger partial charge is 0.393 e. The minimum atomic E-state index is -0.193. The van der Waals surface area contributed by atoms with Crippen LogP contribution in [0.5, 0.6) is 0 Å². The molecule has 1 saturated heterocycles. The van der Waals surface area contributed by atoms with Gasteiger partial charge in [0.25, 0.3) is 0 Å². The topological polar surface area (TPSA) is 87.9 Å². The molecule has 7 heteroatoms. The lowest BCUT2D eigenvalue weighted by Gasteiger charge is -2.32. The molecule has 2 aromatic heterocycles. The summed E-state index contributed by atoms with van der Waals surface area (Å²) in [5.41, 5.74) is 3.86. The number of aromatic nitrogens is 4. The molecule has 3 heterocycles. The molecule has 29 heavy (non-hydrogen) atoms. The smallest absolute Gasteiger partial charge is 0.159 e. The fraction of sp³-hybridized carbons (Fsp3) is 0.500. The summed E-state index contributed by atoms with van der Waals surface area (Å²) in [5, 5.41) is 22.2. The van der Waals surface area contributed by atoms with Gasteiger partial charge in [0.15, 0.2) is 5.82 Å². The van der Waals surface area contributed by atoms with Gasteiger partial charge in [0, 0.05) is 17.5 Å². The Hall–Kier alpha value is -2.51. The van der Waals surface area contributed by atoms with E-state index in [2.05, 4.69) is 44.8 Å². The molecule has 0 unspecified atom stereocenters. The summed E-state index contributed by atoms with van der Waals surface area (Å²) in [4.78, 5) is 9.17. The maximum absolute atomic E-state index is 9.54. The molecule has 2 fully saturated rings. The summed E-state index contributed by atoms with van der Waals surface area (Å²) in [6.07, 6.45) is 5.61. The van der Waals surface area contributed by atoms with E-state index < -0.39 is 0 Å². The van der Waals surface area contributed by atoms with Crippen LogP contribution in [-0.4, -0.2) is 50.1 Å². The van der Waals surface area contributed by atoms with Crippen LogP contribution in [0.4, 0.5) is 5.82 Å². The van der Waals surface area contributed by atoms with Crippen molar-refractivity contribution < 1.29 is 5.11 Å². The Morgan fingerprint density at radius 1 is 1.10 bits per heavy atom. The van der Waals surface area contributed by atoms with Crippen molar-refractivity contribution in [1.82, 2.24) is 25.1 Å². The molecule has 152 valence electrons. The van der Waals surface area contributed by atoms with E-state index in [1.54, 1.807) is 0 Å². The molecule has 0 spiro atoms. The van der Waals surface area contributed by atoms with Crippen LogP contribution in [0, 0.1) is 13.8 Å². The lowest BCUT2D eigenvalue weighted by molar-refractivity contribution is 0.0835. The average molecular weight is 393 g/mol. The number of hydrogen-bond acceptors (Lipinski definition) is 6. The predicted octanol–water partition coefficient (Wildman–Crippen LogP) is 2.83. The van der Waals surface area contributed by atoms with Crippen LogP contribution in [0.3, 0.4) is 0 Å². The fourth-order valence-electron chi connectivity index (χ4n) is 4.61. The van der Waals surface area contributed by atoms with E-state index in [4.69, 9.17) is 0 Å². The van der Waals surface area contributed by atoms with Crippen molar-refractivity contribution in [3.8, 4) is 5.82 Å². The third kappa shape index (κ3) is 3.60. The van der Waals surface area contributed by atoms with Gasteiger partial charge >= 0.3 is 0 Å². The highest BCUT2D eigenvalue weighted by molar-refractivity contribution is 5.82. The Labute approximate surface area is 170 Å². The van der Waals surface area contributed by atoms with E-state index >= 15 is 0 Å². The van der Waals surface area contributed by atoms with Gasteiger partial charge in [0.2, 0.25) is 0 Å². The average Bonchev–Trinajstić information content (AvgIpc) is 3.09. The number of hydrogen-bond donors (Lipinski definition) is 3. The predicted molar refractivity (Wildman–Crippen MR) is 114 cm³/mol. The van der Waals surface area contributed by atoms with E-state index in [1.165, 1.54) is 24.0 Å². The Kier molecular flexibility index (Phi) is 4.72. The van der Waals surface area contributed by atoms with Crippen molar-refractivity contribution in [3.63, 3.8) is 0 Å². The lowest BCUT2D eigenvalue weighted by atomic mass is 9.87. The zero-order valence-corrected chi connectivity index (χ0v) is 17.0. The van der Waals surface area contributed by atoms with Crippen molar-refractivity contribution in [2.45, 2.75) is 57.6 Å². The normalized spacial score (nSPS) is 22.6. The number of nitrogens with one attached hydrogen (secondary N) is 2. The number of aryl methyl sites for hydroxylation is 2. The van der Waals surface area contributed by atoms with Crippen LogP contribution in [0.1, 0.15) is 48.6 Å². The SMILES string of the molecule is Cc1nc(NC2CC(O)C2)cc(-n2ncc3cc(C)c(C4CCNCC4)cc32)n1. The highest BCUT2D eigenvalue weighted by Crippen LogP contribution is 2.32. The zero-order valence-electron chi connectivity index (χ0n) is 17.0. The first kappa shape index (κ1) is 18.5. The van der Waals surface area contributed by atoms with Crippen LogP contribution in [0.2, 0.25) is 0 Å². The van der Waals surface area contributed by atoms with E-state index in [9.17, 15) is 5.11 Å². The van der Waals surface area contributed by atoms with Crippen LogP contribution in [0.25, 0.3) is 16.7 Å². The van der Waals surface area contributed by atoms with Crippen molar-refractivity contribution in [2.24, 2.45) is 0 Å². The van der Waals surface area contributed by atoms with Gasteiger partial charge in [-0.15, -0.1) is 0 Å². The second-order valence-corrected chi connectivity index (χ2v) is 8.47. The monoisotopic (exact) mass is 392 g/mol. The molecule has 5 rings (SSSR count). The van der Waals surface area contributed by atoms with Gasteiger partial charge in [0.1, 0.15) is 11.6 Å². The number of anilines is 1. The Balaban J connectivity index is 1.52. The maximum atomic E-state index is 9.54. The first-order valence-corrected chi connectivity index (χ1v) is 10.6. The summed E-state index contributed by atoms with van der Waals surface area (Å²) >= 11 is 0. The van der Waals surface area contributed by atoms with Gasteiger partial charge in [0.05, 0.1) is 17.8 Å². The molecule has 1 aromatic carbocycles. The van der Waals surface area contributed by atoms with Crippen molar-refractivity contribution in [2.75, 3.05) is 18.4 Å². The number of nitrogens with zero attached hydrogens (tertiary/aromatic N) is 4. The maximum Gasteiger partial charge on any atom is 0.159 e. The highest BCUT2D eigenvalue weighted by atomic mass is 16.3. The molecule has 1 saturated carbocycles. The Morgan fingerprint density at radius 3 is 2.66 bits per heavy atom. The summed E-state index contributed by atoms with van der Waals surface area (Å²) in [6, 6.07) is 6.78. The second-order valence-electron chi connectivity index (χ2n) is 8.47. The molecule has 2 aliphatic rings. The first-order valence-electron chi connectivity index (χ1n) is 10.6. The molecule has 0 radical (unpaired) electrons. The van der Waals surface area contributed by atoms with Crippen molar-refractivity contribution in [1.29, 1.82) is 0 Å². The number of rotatable bonds is 4. The van der Waals surface area contributed by atoms with Crippen LogP contribution in [-0.2, 0) is 0 Å². The van der Waals surface area contributed by atoms with Crippen molar-refractivity contribution in [3.05, 3.63) is 41.3 Å². The number of aliphatic hydroxyl groups excluding tert-OH is 1. The second kappa shape index (κ2) is 7.39. The standard InChI is InChI=1S/C22H28N6O/c1-13-7-16-12-24-28(20(16)10-19(13)15-3-5-23-6-4-15)22-11-21(25-14(2)26-22)27-17-8-18(29)9-17/h7,10-12,15,17-18,23,29H,3-6,8-9H2,1-2H3,(H,25,26,27). The summed E-state index contributed by atoms with van der Waals surface area (Å²) in [6.45, 7) is 6.27. The summed E-state index contributed by atoms with van der Waals surface area (Å²) < 4.78 is 1.93. The molecule has 0 amide bonds. The molecular weight excluding hydrogens is 364 g/mol. The minimum absolute atomic E-state index is 0.193. The van der Waals surface area contributed by atoms with E-state index in [0.29, 0.717) is 11.7 Å². The molecule has 7 nitrogen and oxygen atoms in total. The van der Waals surface area contributed by atoms with E-state index in [1.807, 2.05) is 23.9 Å². The molecule has 0 bridgehead atoms. The molecule has 1 aliphatic heterocycles. The van der Waals surface area contributed by atoms with Gasteiger partial charge in [-0.25, -0.2) is 14.6 Å². The number of fused-ring (bicyclic) bond motifs is 1. The molecule has 1 aliphatic carbocycles. The van der Waals surface area contributed by atoms with E-state index in [0.717, 1.165) is 48.5 Å². The third-order valence-corrected chi connectivity index (χ3v) is 6.24. The van der Waals surface area contributed by atoms with Crippen molar-refractivity contribution >= 4 is 16.7 Å². The molecular formula is C22H28N6O.